The molecule has 0 saturated heterocycles. The number of fused-ring (bicyclic) bond motifs is 1. The van der Waals surface area contributed by atoms with E-state index in [9.17, 15) is 14.7 Å². The minimum atomic E-state index is -1.46. The Kier molecular flexibility index (Phi) is 3.25. The minimum absolute atomic E-state index is 0.170. The molecule has 4 heteroatoms. The third kappa shape index (κ3) is 1.69. The average molecular weight is 240 g/mol. The van der Waals surface area contributed by atoms with Crippen molar-refractivity contribution in [2.45, 2.75) is 57.5 Å². The number of esters is 1. The third-order valence-corrected chi connectivity index (χ3v) is 4.32. The van der Waals surface area contributed by atoms with E-state index in [1.807, 2.05) is 0 Å². The zero-order valence-electron chi connectivity index (χ0n) is 10.3. The number of Topliss-reactive ketones (excluding diaryl/α,β-unsaturated/α-hetero) is 1. The van der Waals surface area contributed by atoms with Gasteiger partial charge in [0, 0.05) is 6.42 Å². The van der Waals surface area contributed by atoms with Crippen LogP contribution in [0.4, 0.5) is 0 Å². The number of carbonyl (C=O) groups excluding carboxylic acids is 2. The molecule has 96 valence electrons. The van der Waals surface area contributed by atoms with Gasteiger partial charge >= 0.3 is 5.97 Å². The van der Waals surface area contributed by atoms with Gasteiger partial charge in [0.25, 0.3) is 0 Å². The maximum absolute atomic E-state index is 12.2. The zero-order chi connectivity index (χ0) is 12.5. The normalized spacial score (nSPS) is 37.4. The van der Waals surface area contributed by atoms with Gasteiger partial charge in [-0.05, 0) is 32.6 Å². The molecule has 1 N–H and O–H groups in total. The van der Waals surface area contributed by atoms with E-state index in [4.69, 9.17) is 4.74 Å². The van der Waals surface area contributed by atoms with Crippen LogP contribution in [0.5, 0.6) is 0 Å². The smallest absolute Gasteiger partial charge is 0.315 e. The van der Waals surface area contributed by atoms with E-state index >= 15 is 0 Å². The van der Waals surface area contributed by atoms with Crippen molar-refractivity contribution in [3.63, 3.8) is 0 Å². The number of rotatable bonds is 2. The summed E-state index contributed by atoms with van der Waals surface area (Å²) in [5.41, 5.74) is -2.42. The quantitative estimate of drug-likeness (QED) is 0.744. The van der Waals surface area contributed by atoms with Crippen molar-refractivity contribution in [1.29, 1.82) is 0 Å². The molecule has 17 heavy (non-hydrogen) atoms. The Hall–Kier alpha value is -0.900. The lowest BCUT2D eigenvalue weighted by Crippen LogP contribution is -2.62. The second-order valence-electron chi connectivity index (χ2n) is 5.15. The number of aliphatic hydroxyl groups is 1. The van der Waals surface area contributed by atoms with Crippen molar-refractivity contribution in [2.75, 3.05) is 6.61 Å². The van der Waals surface area contributed by atoms with Gasteiger partial charge in [-0.15, -0.1) is 0 Å². The molecule has 0 aromatic carbocycles. The van der Waals surface area contributed by atoms with Crippen molar-refractivity contribution >= 4 is 11.8 Å². The summed E-state index contributed by atoms with van der Waals surface area (Å²) in [5.74, 6) is -0.549. The van der Waals surface area contributed by atoms with Crippen LogP contribution >= 0.6 is 0 Å². The van der Waals surface area contributed by atoms with Crippen LogP contribution in [0.15, 0.2) is 0 Å². The van der Waals surface area contributed by atoms with Gasteiger partial charge in [0.1, 0.15) is 11.0 Å². The van der Waals surface area contributed by atoms with E-state index in [0.29, 0.717) is 38.7 Å². The first kappa shape index (κ1) is 12.6. The molecule has 0 radical (unpaired) electrons. The highest BCUT2D eigenvalue weighted by Crippen LogP contribution is 2.52. The molecule has 2 saturated carbocycles. The highest BCUT2D eigenvalue weighted by molar-refractivity contribution is 5.96. The molecule has 4 nitrogen and oxygen atoms in total. The second-order valence-corrected chi connectivity index (χ2v) is 5.15. The van der Waals surface area contributed by atoms with E-state index in [0.717, 1.165) is 12.8 Å². The summed E-state index contributed by atoms with van der Waals surface area (Å²) in [6.07, 6.45) is 4.32. The summed E-state index contributed by atoms with van der Waals surface area (Å²) >= 11 is 0. The third-order valence-electron chi connectivity index (χ3n) is 4.32. The Morgan fingerprint density at radius 1 is 1.29 bits per heavy atom. The number of ether oxygens (including phenoxy) is 1. The van der Waals surface area contributed by atoms with Crippen LogP contribution in [0.3, 0.4) is 0 Å². The molecular weight excluding hydrogens is 220 g/mol. The molecule has 2 aliphatic carbocycles. The lowest BCUT2D eigenvalue weighted by atomic mass is 9.56. The lowest BCUT2D eigenvalue weighted by Gasteiger charge is -2.50. The number of hydrogen-bond acceptors (Lipinski definition) is 4. The fraction of sp³-hybridized carbons (Fsp3) is 0.846. The van der Waals surface area contributed by atoms with Crippen LogP contribution in [0.1, 0.15) is 51.9 Å². The van der Waals surface area contributed by atoms with Gasteiger partial charge in [0.15, 0.2) is 5.78 Å². The van der Waals surface area contributed by atoms with E-state index in [1.54, 1.807) is 6.92 Å². The van der Waals surface area contributed by atoms with Gasteiger partial charge in [0.05, 0.1) is 6.61 Å². The molecule has 0 spiro atoms. The number of ketones is 1. The Morgan fingerprint density at radius 2 is 1.94 bits per heavy atom. The van der Waals surface area contributed by atoms with Crippen LogP contribution in [0.25, 0.3) is 0 Å². The highest BCUT2D eigenvalue weighted by atomic mass is 16.5. The van der Waals surface area contributed by atoms with Crippen molar-refractivity contribution in [1.82, 2.24) is 0 Å². The molecular formula is C13H20O4. The summed E-state index contributed by atoms with van der Waals surface area (Å²) < 4.78 is 5.10. The molecule has 0 bridgehead atoms. The van der Waals surface area contributed by atoms with E-state index in [-0.39, 0.29) is 11.8 Å². The minimum Gasteiger partial charge on any atom is -0.465 e. The van der Waals surface area contributed by atoms with Crippen molar-refractivity contribution < 1.29 is 19.4 Å². The number of carbonyl (C=O) groups is 2. The summed E-state index contributed by atoms with van der Waals surface area (Å²) in [4.78, 5) is 24.2. The van der Waals surface area contributed by atoms with Crippen LogP contribution in [0, 0.1) is 5.41 Å². The Morgan fingerprint density at radius 3 is 2.65 bits per heavy atom. The summed E-state index contributed by atoms with van der Waals surface area (Å²) in [6, 6.07) is 0. The topological polar surface area (TPSA) is 63.6 Å². The van der Waals surface area contributed by atoms with Crippen molar-refractivity contribution in [2.24, 2.45) is 5.41 Å². The van der Waals surface area contributed by atoms with E-state index < -0.39 is 11.0 Å². The highest BCUT2D eigenvalue weighted by Gasteiger charge is 2.62. The van der Waals surface area contributed by atoms with Crippen LogP contribution in [-0.2, 0) is 14.3 Å². The van der Waals surface area contributed by atoms with E-state index in [2.05, 4.69) is 0 Å². The van der Waals surface area contributed by atoms with Crippen LogP contribution in [0.2, 0.25) is 0 Å². The van der Waals surface area contributed by atoms with Crippen molar-refractivity contribution in [3.8, 4) is 0 Å². The van der Waals surface area contributed by atoms with E-state index in [1.165, 1.54) is 0 Å². The fourth-order valence-electron chi connectivity index (χ4n) is 3.39. The Labute approximate surface area is 101 Å². The monoisotopic (exact) mass is 240 g/mol. The predicted octanol–water partition coefficient (Wildman–Crippen LogP) is 1.59. The second kappa shape index (κ2) is 4.41. The summed E-state index contributed by atoms with van der Waals surface area (Å²) in [7, 11) is 0. The van der Waals surface area contributed by atoms with Gasteiger partial charge in [-0.1, -0.05) is 12.8 Å². The van der Waals surface area contributed by atoms with Gasteiger partial charge in [0.2, 0.25) is 0 Å². The molecule has 2 atom stereocenters. The van der Waals surface area contributed by atoms with Gasteiger partial charge in [-0.25, -0.2) is 0 Å². The largest absolute Gasteiger partial charge is 0.465 e. The first-order valence-corrected chi connectivity index (χ1v) is 6.50. The molecule has 2 fully saturated rings. The molecule has 0 aromatic rings. The zero-order valence-corrected chi connectivity index (χ0v) is 10.3. The van der Waals surface area contributed by atoms with Crippen molar-refractivity contribution in [3.05, 3.63) is 0 Å². The number of hydrogen-bond donors (Lipinski definition) is 1. The maximum Gasteiger partial charge on any atom is 0.315 e. The molecule has 0 amide bonds. The molecule has 0 aromatic heterocycles. The molecule has 2 rings (SSSR count). The molecule has 0 aliphatic heterocycles. The summed E-state index contributed by atoms with van der Waals surface area (Å²) in [6.45, 7) is 2.05. The Bertz CT molecular complexity index is 334. The standard InChI is InChI=1S/C13H20O4/c1-2-17-11(15)12-7-3-4-9-13(12,16)10(14)6-5-8-12/h16H,2-9H2,1H3/t12-,13-/m0/s1. The lowest BCUT2D eigenvalue weighted by molar-refractivity contribution is -0.194. The molecule has 0 unspecified atom stereocenters. The fourth-order valence-corrected chi connectivity index (χ4v) is 3.39. The maximum atomic E-state index is 12.2. The first-order valence-electron chi connectivity index (χ1n) is 6.50. The SMILES string of the molecule is CCOC(=O)[C@@]12CCCC[C@]1(O)C(=O)CCC2. The summed E-state index contributed by atoms with van der Waals surface area (Å²) in [5, 5.41) is 10.7. The Balaban J connectivity index is 2.37. The molecule has 2 aliphatic rings. The predicted molar refractivity (Wildman–Crippen MR) is 61.3 cm³/mol. The first-order chi connectivity index (χ1) is 8.07. The van der Waals surface area contributed by atoms with Crippen LogP contribution in [-0.4, -0.2) is 29.1 Å². The van der Waals surface area contributed by atoms with Gasteiger partial charge in [-0.3, -0.25) is 9.59 Å². The van der Waals surface area contributed by atoms with Gasteiger partial charge < -0.3 is 9.84 Å². The molecule has 0 heterocycles. The average Bonchev–Trinajstić information content (AvgIpc) is 2.31. The van der Waals surface area contributed by atoms with Crippen LogP contribution < -0.4 is 0 Å². The van der Waals surface area contributed by atoms with Gasteiger partial charge in [-0.2, -0.15) is 0 Å².